The SMILES string of the molecule is CC1(C)OCC(N)(COC(=O)CCOCC(COCCC(=O)NC2(CO)COC(C)(C)OC2)(COCCC(=O)OCC2(N)COC(C)(C)OC2)COCCC(=O)OCC2(N)COC(C)(C)OC2)CO1. The Labute approximate surface area is 404 Å². The van der Waals surface area contributed by atoms with E-state index >= 15 is 0 Å². The van der Waals surface area contributed by atoms with Gasteiger partial charge in [-0.3, -0.25) is 19.2 Å². The number of esters is 3. The van der Waals surface area contributed by atoms with E-state index in [1.54, 1.807) is 55.4 Å². The maximum absolute atomic E-state index is 13.1. The van der Waals surface area contributed by atoms with Gasteiger partial charge in [0, 0.05) is 6.42 Å². The number of ether oxygens (including phenoxy) is 15. The summed E-state index contributed by atoms with van der Waals surface area (Å²) >= 11 is 0. The number of hydrogen-bond donors (Lipinski definition) is 5. The van der Waals surface area contributed by atoms with Crippen LogP contribution in [0, 0.1) is 5.41 Å². The second-order valence-electron chi connectivity index (χ2n) is 20.7. The molecule has 0 aliphatic carbocycles. The summed E-state index contributed by atoms with van der Waals surface area (Å²) in [6.45, 7) is 13.1. The van der Waals surface area contributed by atoms with Crippen LogP contribution in [0.25, 0.3) is 0 Å². The molecule has 400 valence electrons. The third-order valence-corrected chi connectivity index (χ3v) is 11.4. The minimum Gasteiger partial charge on any atom is -0.463 e. The maximum atomic E-state index is 13.1. The van der Waals surface area contributed by atoms with Gasteiger partial charge >= 0.3 is 17.9 Å². The van der Waals surface area contributed by atoms with Crippen LogP contribution in [-0.2, 0) is 90.2 Å². The van der Waals surface area contributed by atoms with Gasteiger partial charge in [0.25, 0.3) is 0 Å². The molecule has 24 heteroatoms. The molecule has 4 aliphatic rings. The average Bonchev–Trinajstić information content (AvgIpc) is 3.29. The van der Waals surface area contributed by atoms with Crippen molar-refractivity contribution >= 4 is 23.8 Å². The topological polar surface area (TPSA) is 317 Å². The zero-order valence-electron chi connectivity index (χ0n) is 41.9. The molecule has 0 atom stereocenters. The molecule has 0 spiro atoms. The molecule has 1 amide bonds. The van der Waals surface area contributed by atoms with Crippen LogP contribution in [0.1, 0.15) is 81.1 Å². The van der Waals surface area contributed by atoms with Crippen molar-refractivity contribution in [2.75, 3.05) is 132 Å². The van der Waals surface area contributed by atoms with E-state index in [0.717, 1.165) is 0 Å². The van der Waals surface area contributed by atoms with Gasteiger partial charge in [0.05, 0.1) is 154 Å². The van der Waals surface area contributed by atoms with E-state index < -0.39 is 81.1 Å². The van der Waals surface area contributed by atoms with Crippen molar-refractivity contribution in [3.8, 4) is 0 Å². The van der Waals surface area contributed by atoms with Gasteiger partial charge in [-0.2, -0.15) is 0 Å². The van der Waals surface area contributed by atoms with Gasteiger partial charge in [0.2, 0.25) is 5.91 Å². The van der Waals surface area contributed by atoms with Crippen molar-refractivity contribution in [3.63, 3.8) is 0 Å². The normalized spacial score (nSPS) is 23.0. The van der Waals surface area contributed by atoms with Gasteiger partial charge in [-0.15, -0.1) is 0 Å². The Balaban J connectivity index is 1.38. The second-order valence-corrected chi connectivity index (χ2v) is 20.7. The maximum Gasteiger partial charge on any atom is 0.308 e. The number of amides is 1. The lowest BCUT2D eigenvalue weighted by atomic mass is 9.92. The fourth-order valence-corrected chi connectivity index (χ4v) is 6.60. The molecule has 0 aromatic rings. The number of hydrogen-bond acceptors (Lipinski definition) is 23. The minimum atomic E-state index is -1.14. The zero-order valence-corrected chi connectivity index (χ0v) is 41.9. The first-order valence-corrected chi connectivity index (χ1v) is 23.3. The van der Waals surface area contributed by atoms with Crippen molar-refractivity contribution < 1.29 is 95.3 Å². The molecule has 0 aromatic heterocycles. The van der Waals surface area contributed by atoms with E-state index in [9.17, 15) is 24.3 Å². The number of aliphatic hydroxyl groups excluding tert-OH is 1. The van der Waals surface area contributed by atoms with Crippen molar-refractivity contribution in [1.29, 1.82) is 0 Å². The first kappa shape index (κ1) is 58.8. The fraction of sp³-hybridized carbons (Fsp3) is 0.911. The van der Waals surface area contributed by atoms with Crippen LogP contribution in [0.2, 0.25) is 0 Å². The molecule has 0 radical (unpaired) electrons. The zero-order chi connectivity index (χ0) is 51.1. The van der Waals surface area contributed by atoms with Crippen molar-refractivity contribution in [1.82, 2.24) is 5.32 Å². The molecule has 0 bridgehead atoms. The summed E-state index contributed by atoms with van der Waals surface area (Å²) in [5, 5.41) is 12.9. The second kappa shape index (κ2) is 25.3. The summed E-state index contributed by atoms with van der Waals surface area (Å²) in [7, 11) is 0. The van der Waals surface area contributed by atoms with Gasteiger partial charge in [0.15, 0.2) is 23.1 Å². The highest BCUT2D eigenvalue weighted by Gasteiger charge is 2.43. The standard InChI is InChI=1S/C45H80N4O20/c1-37(2)62-25-42(46,26-63-37)22-59-34(52)10-14-56-19-41(18-55-13-9-33(51)49-45(17-50)31-68-40(7,8)69-32-45,20-57-15-11-35(53)60-23-43(47)27-64-38(3,4)65-28-43)21-58-16-12-36(54)61-24-44(48)29-66-39(5,6)67-30-44/h50H,9-32,46-48H2,1-8H3,(H,49,51). The highest BCUT2D eigenvalue weighted by atomic mass is 16.7. The Bertz CT molecular complexity index is 1480. The lowest BCUT2D eigenvalue weighted by molar-refractivity contribution is -0.274. The van der Waals surface area contributed by atoms with E-state index in [2.05, 4.69) is 5.32 Å². The molecule has 4 saturated heterocycles. The molecule has 0 aromatic carbocycles. The molecule has 0 saturated carbocycles. The largest absolute Gasteiger partial charge is 0.463 e. The highest BCUT2D eigenvalue weighted by Crippen LogP contribution is 2.27. The van der Waals surface area contributed by atoms with Crippen LogP contribution >= 0.6 is 0 Å². The highest BCUT2D eigenvalue weighted by molar-refractivity contribution is 5.77. The van der Waals surface area contributed by atoms with Gasteiger partial charge in [-0.05, 0) is 55.4 Å². The summed E-state index contributed by atoms with van der Waals surface area (Å²) in [6, 6.07) is 0. The first-order valence-electron chi connectivity index (χ1n) is 23.3. The third-order valence-electron chi connectivity index (χ3n) is 11.4. The quantitative estimate of drug-likeness (QED) is 0.0368. The molecule has 8 N–H and O–H groups in total. The van der Waals surface area contributed by atoms with Crippen molar-refractivity contribution in [3.05, 3.63) is 0 Å². The fourth-order valence-electron chi connectivity index (χ4n) is 6.60. The summed E-state index contributed by atoms with van der Waals surface area (Å²) in [5.41, 5.74) is 13.6. The molecule has 4 fully saturated rings. The van der Waals surface area contributed by atoms with Gasteiger partial charge < -0.3 is 98.7 Å². The molecular weight excluding hydrogens is 917 g/mol. The minimum absolute atomic E-state index is 0.0314. The summed E-state index contributed by atoms with van der Waals surface area (Å²) in [4.78, 5) is 51.6. The Morgan fingerprint density at radius 3 is 1.00 bits per heavy atom. The predicted molar refractivity (Wildman–Crippen MR) is 240 cm³/mol. The van der Waals surface area contributed by atoms with E-state index in [1.165, 1.54) is 0 Å². The molecule has 4 aliphatic heterocycles. The van der Waals surface area contributed by atoms with Crippen LogP contribution in [0.5, 0.6) is 0 Å². The monoisotopic (exact) mass is 997 g/mol. The summed E-state index contributed by atoms with van der Waals surface area (Å²) in [6.07, 6.45) is -0.563. The van der Waals surface area contributed by atoms with Crippen LogP contribution in [0.15, 0.2) is 0 Å². The van der Waals surface area contributed by atoms with Crippen molar-refractivity contribution in [2.24, 2.45) is 22.6 Å². The molecule has 4 rings (SSSR count). The number of carbonyl (C=O) groups is 4. The van der Waals surface area contributed by atoms with Gasteiger partial charge in [0.1, 0.15) is 25.4 Å². The van der Waals surface area contributed by atoms with Gasteiger partial charge in [-0.25, -0.2) is 0 Å². The van der Waals surface area contributed by atoms with Crippen LogP contribution < -0.4 is 22.5 Å². The summed E-state index contributed by atoms with van der Waals surface area (Å²) < 4.78 is 85.7. The first-order chi connectivity index (χ1) is 32.1. The lowest BCUT2D eigenvalue weighted by Gasteiger charge is -2.42. The Kier molecular flexibility index (Phi) is 21.5. The molecule has 69 heavy (non-hydrogen) atoms. The third kappa shape index (κ3) is 21.1. The Hall–Kier alpha value is -2.76. The molecule has 4 heterocycles. The molecule has 24 nitrogen and oxygen atoms in total. The summed E-state index contributed by atoms with van der Waals surface area (Å²) in [5.74, 6) is -5.46. The number of nitrogens with one attached hydrogen (secondary N) is 1. The van der Waals surface area contributed by atoms with Crippen LogP contribution in [0.4, 0.5) is 0 Å². The van der Waals surface area contributed by atoms with Gasteiger partial charge in [-0.1, -0.05) is 0 Å². The van der Waals surface area contributed by atoms with E-state index in [-0.39, 0.29) is 151 Å². The van der Waals surface area contributed by atoms with E-state index in [0.29, 0.717) is 0 Å². The Morgan fingerprint density at radius 2 is 0.725 bits per heavy atom. The lowest BCUT2D eigenvalue weighted by Crippen LogP contribution is -2.63. The number of carbonyl (C=O) groups excluding carboxylic acids is 4. The molecule has 0 unspecified atom stereocenters. The predicted octanol–water partition coefficient (Wildman–Crippen LogP) is -0.699. The smallest absolute Gasteiger partial charge is 0.308 e. The van der Waals surface area contributed by atoms with Crippen LogP contribution in [-0.4, -0.2) is 206 Å². The average molecular weight is 997 g/mol. The van der Waals surface area contributed by atoms with E-state index in [4.69, 9.17) is 88.3 Å². The number of aliphatic hydroxyl groups is 1. The number of rotatable bonds is 28. The van der Waals surface area contributed by atoms with Crippen molar-refractivity contribution in [2.45, 2.75) is 126 Å². The Morgan fingerprint density at radius 1 is 0.464 bits per heavy atom. The van der Waals surface area contributed by atoms with E-state index in [1.807, 2.05) is 0 Å². The van der Waals surface area contributed by atoms with Crippen LogP contribution in [0.3, 0.4) is 0 Å². The molecular formula is C45H80N4O20. The number of nitrogens with two attached hydrogens (primary N) is 3.